The van der Waals surface area contributed by atoms with Gasteiger partial charge in [0.05, 0.1) is 0 Å². The SMILES string of the molecule is COCCCNC(=O)c1cccc(NC(=O)COc2c(C)cc(Br)cc2C)c1. The summed E-state index contributed by atoms with van der Waals surface area (Å²) >= 11 is 3.44. The first kappa shape index (κ1) is 21.9. The maximum absolute atomic E-state index is 12.2. The van der Waals surface area contributed by atoms with Gasteiger partial charge in [0, 0.05) is 36.0 Å². The maximum Gasteiger partial charge on any atom is 0.262 e. The van der Waals surface area contributed by atoms with E-state index in [1.807, 2.05) is 26.0 Å². The predicted molar refractivity (Wildman–Crippen MR) is 113 cm³/mol. The molecule has 150 valence electrons. The first-order chi connectivity index (χ1) is 13.4. The van der Waals surface area contributed by atoms with Crippen LogP contribution in [0.4, 0.5) is 5.69 Å². The Balaban J connectivity index is 1.91. The molecule has 28 heavy (non-hydrogen) atoms. The Kier molecular flexibility index (Phi) is 8.47. The predicted octanol–water partition coefficient (Wildman–Crippen LogP) is 3.85. The van der Waals surface area contributed by atoms with Gasteiger partial charge in [0.25, 0.3) is 11.8 Å². The minimum atomic E-state index is -0.292. The van der Waals surface area contributed by atoms with Crippen molar-refractivity contribution in [1.82, 2.24) is 5.32 Å². The monoisotopic (exact) mass is 448 g/mol. The first-order valence-corrected chi connectivity index (χ1v) is 9.76. The van der Waals surface area contributed by atoms with E-state index in [-0.39, 0.29) is 18.4 Å². The summed E-state index contributed by atoms with van der Waals surface area (Å²) in [7, 11) is 1.62. The van der Waals surface area contributed by atoms with Crippen molar-refractivity contribution in [3.8, 4) is 5.75 Å². The number of hydrogen-bond donors (Lipinski definition) is 2. The Labute approximate surface area is 173 Å². The topological polar surface area (TPSA) is 76.7 Å². The molecule has 0 bridgehead atoms. The molecule has 0 radical (unpaired) electrons. The van der Waals surface area contributed by atoms with Crippen LogP contribution >= 0.6 is 15.9 Å². The molecule has 0 heterocycles. The van der Waals surface area contributed by atoms with Gasteiger partial charge in [-0.05, 0) is 61.7 Å². The fourth-order valence-electron chi connectivity index (χ4n) is 2.72. The number of halogens is 1. The molecular formula is C21H25BrN2O4. The molecule has 6 nitrogen and oxygen atoms in total. The van der Waals surface area contributed by atoms with Gasteiger partial charge in [0.15, 0.2) is 6.61 Å². The summed E-state index contributed by atoms with van der Waals surface area (Å²) in [6.45, 7) is 4.87. The molecule has 0 fully saturated rings. The summed E-state index contributed by atoms with van der Waals surface area (Å²) in [6.07, 6.45) is 0.741. The minimum Gasteiger partial charge on any atom is -0.483 e. The van der Waals surface area contributed by atoms with E-state index < -0.39 is 0 Å². The lowest BCUT2D eigenvalue weighted by atomic mass is 10.1. The van der Waals surface area contributed by atoms with Crippen molar-refractivity contribution in [2.24, 2.45) is 0 Å². The fourth-order valence-corrected chi connectivity index (χ4v) is 3.41. The van der Waals surface area contributed by atoms with Crippen LogP contribution in [-0.4, -0.2) is 38.7 Å². The zero-order chi connectivity index (χ0) is 20.5. The van der Waals surface area contributed by atoms with E-state index >= 15 is 0 Å². The van der Waals surface area contributed by atoms with Gasteiger partial charge in [-0.15, -0.1) is 0 Å². The third kappa shape index (κ3) is 6.65. The molecule has 0 spiro atoms. The Bertz CT molecular complexity index is 816. The third-order valence-electron chi connectivity index (χ3n) is 3.99. The van der Waals surface area contributed by atoms with E-state index in [0.717, 1.165) is 22.0 Å². The van der Waals surface area contributed by atoms with Gasteiger partial charge in [0.1, 0.15) is 5.75 Å². The zero-order valence-corrected chi connectivity index (χ0v) is 17.9. The lowest BCUT2D eigenvalue weighted by molar-refractivity contribution is -0.118. The molecule has 0 atom stereocenters. The number of aryl methyl sites for hydroxylation is 2. The van der Waals surface area contributed by atoms with Gasteiger partial charge in [-0.2, -0.15) is 0 Å². The summed E-state index contributed by atoms with van der Waals surface area (Å²) < 4.78 is 11.6. The number of rotatable bonds is 9. The molecule has 0 aliphatic rings. The maximum atomic E-state index is 12.2. The first-order valence-electron chi connectivity index (χ1n) is 8.97. The summed E-state index contributed by atoms with van der Waals surface area (Å²) in [4.78, 5) is 24.4. The molecule has 0 saturated heterocycles. The van der Waals surface area contributed by atoms with Crippen molar-refractivity contribution in [3.63, 3.8) is 0 Å². The molecule has 0 aromatic heterocycles. The molecule has 7 heteroatoms. The standard InChI is InChI=1S/C21H25BrN2O4/c1-14-10-17(22)11-15(2)20(14)28-13-19(25)24-18-7-4-6-16(12-18)21(26)23-8-5-9-27-3/h4,6-7,10-12H,5,8-9,13H2,1-3H3,(H,23,26)(H,24,25). The average molecular weight is 449 g/mol. The van der Waals surface area contributed by atoms with Crippen molar-refractivity contribution >= 4 is 33.4 Å². The van der Waals surface area contributed by atoms with Gasteiger partial charge in [0.2, 0.25) is 0 Å². The quantitative estimate of drug-likeness (QED) is 0.571. The fraction of sp³-hybridized carbons (Fsp3) is 0.333. The second-order valence-electron chi connectivity index (χ2n) is 6.39. The van der Waals surface area contributed by atoms with E-state index in [0.29, 0.717) is 30.2 Å². The second-order valence-corrected chi connectivity index (χ2v) is 7.30. The van der Waals surface area contributed by atoms with Crippen LogP contribution in [-0.2, 0) is 9.53 Å². The van der Waals surface area contributed by atoms with Crippen LogP contribution in [0.1, 0.15) is 27.9 Å². The Morgan fingerprint density at radius 2 is 1.82 bits per heavy atom. The van der Waals surface area contributed by atoms with Gasteiger partial charge in [-0.3, -0.25) is 9.59 Å². The molecule has 0 aliphatic carbocycles. The number of amides is 2. The molecule has 0 aliphatic heterocycles. The van der Waals surface area contributed by atoms with Crippen molar-refractivity contribution in [3.05, 3.63) is 57.6 Å². The highest BCUT2D eigenvalue weighted by Gasteiger charge is 2.10. The van der Waals surface area contributed by atoms with Crippen LogP contribution in [0, 0.1) is 13.8 Å². The average Bonchev–Trinajstić information content (AvgIpc) is 2.64. The van der Waals surface area contributed by atoms with E-state index in [9.17, 15) is 9.59 Å². The minimum absolute atomic E-state index is 0.114. The van der Waals surface area contributed by atoms with Crippen LogP contribution in [0.2, 0.25) is 0 Å². The number of hydrogen-bond acceptors (Lipinski definition) is 4. The molecule has 2 rings (SSSR count). The second kappa shape index (κ2) is 10.8. The Morgan fingerprint density at radius 3 is 2.50 bits per heavy atom. The van der Waals surface area contributed by atoms with Crippen LogP contribution < -0.4 is 15.4 Å². The van der Waals surface area contributed by atoms with Crippen molar-refractivity contribution in [1.29, 1.82) is 0 Å². The molecule has 0 unspecified atom stereocenters. The number of methoxy groups -OCH3 is 1. The van der Waals surface area contributed by atoms with E-state index in [1.165, 1.54) is 0 Å². The lowest BCUT2D eigenvalue weighted by Gasteiger charge is -2.13. The van der Waals surface area contributed by atoms with Crippen LogP contribution in [0.15, 0.2) is 40.9 Å². The number of ether oxygens (including phenoxy) is 2. The molecular weight excluding hydrogens is 424 g/mol. The van der Waals surface area contributed by atoms with Crippen LogP contribution in [0.5, 0.6) is 5.75 Å². The van der Waals surface area contributed by atoms with Crippen molar-refractivity contribution < 1.29 is 19.1 Å². The molecule has 2 aromatic rings. The number of nitrogens with one attached hydrogen (secondary N) is 2. The molecule has 2 amide bonds. The van der Waals surface area contributed by atoms with Gasteiger partial charge in [-0.25, -0.2) is 0 Å². The number of carbonyl (C=O) groups is 2. The summed E-state index contributed by atoms with van der Waals surface area (Å²) in [5.74, 6) is 0.214. The highest BCUT2D eigenvalue weighted by molar-refractivity contribution is 9.10. The summed E-state index contributed by atoms with van der Waals surface area (Å²) in [5.41, 5.74) is 2.93. The van der Waals surface area contributed by atoms with Crippen molar-refractivity contribution in [2.75, 3.05) is 32.2 Å². The van der Waals surface area contributed by atoms with Crippen molar-refractivity contribution in [2.45, 2.75) is 20.3 Å². The normalized spacial score (nSPS) is 10.4. The van der Waals surface area contributed by atoms with E-state index in [1.54, 1.807) is 31.4 Å². The van der Waals surface area contributed by atoms with Crippen LogP contribution in [0.25, 0.3) is 0 Å². The number of benzene rings is 2. The van der Waals surface area contributed by atoms with Gasteiger partial charge >= 0.3 is 0 Å². The van der Waals surface area contributed by atoms with E-state index in [4.69, 9.17) is 9.47 Å². The lowest BCUT2D eigenvalue weighted by Crippen LogP contribution is -2.25. The summed E-state index contributed by atoms with van der Waals surface area (Å²) in [6, 6.07) is 10.7. The highest BCUT2D eigenvalue weighted by atomic mass is 79.9. The van der Waals surface area contributed by atoms with Gasteiger partial charge in [-0.1, -0.05) is 22.0 Å². The number of carbonyl (C=O) groups excluding carboxylic acids is 2. The van der Waals surface area contributed by atoms with Crippen LogP contribution in [0.3, 0.4) is 0 Å². The zero-order valence-electron chi connectivity index (χ0n) is 16.3. The molecule has 0 saturated carbocycles. The summed E-state index contributed by atoms with van der Waals surface area (Å²) in [5, 5.41) is 5.58. The number of anilines is 1. The Hall–Kier alpha value is -2.38. The largest absolute Gasteiger partial charge is 0.483 e. The van der Waals surface area contributed by atoms with E-state index in [2.05, 4.69) is 26.6 Å². The highest BCUT2D eigenvalue weighted by Crippen LogP contribution is 2.27. The molecule has 2 N–H and O–H groups in total. The smallest absolute Gasteiger partial charge is 0.262 e. The van der Waals surface area contributed by atoms with Gasteiger partial charge < -0.3 is 20.1 Å². The molecule has 2 aromatic carbocycles. The Morgan fingerprint density at radius 1 is 1.11 bits per heavy atom. The third-order valence-corrected chi connectivity index (χ3v) is 4.45.